The van der Waals surface area contributed by atoms with Crippen molar-refractivity contribution >= 4 is 28.1 Å². The van der Waals surface area contributed by atoms with E-state index < -0.39 is 0 Å². The zero-order chi connectivity index (χ0) is 19.8. The van der Waals surface area contributed by atoms with E-state index in [1.165, 1.54) is 47.9 Å². The topological polar surface area (TPSA) is 47.4 Å². The molecule has 1 aliphatic carbocycles. The number of likely N-dealkylation sites (tertiary alicyclic amines) is 1. The molecule has 152 valence electrons. The van der Waals surface area contributed by atoms with Gasteiger partial charge in [0.05, 0.1) is 10.5 Å². The maximum absolute atomic E-state index is 12.6. The minimum atomic E-state index is 0.0449. The Kier molecular flexibility index (Phi) is 5.04. The quantitative estimate of drug-likeness (QED) is 0.595. The second-order valence-corrected chi connectivity index (χ2v) is 9.27. The summed E-state index contributed by atoms with van der Waals surface area (Å²) in [5.41, 5.74) is 1.85. The fraction of sp³-hybridized carbons (Fsp3) is 0.478. The first kappa shape index (κ1) is 18.7. The number of carbonyl (C=O) groups is 1. The number of benzene rings is 1. The van der Waals surface area contributed by atoms with Gasteiger partial charge in [0.25, 0.3) is 5.91 Å². The summed E-state index contributed by atoms with van der Waals surface area (Å²) in [6.07, 6.45) is 9.31. The number of rotatable bonds is 4. The standard InChI is InChI=1S/C23H27N3O2S/c1-16-24-20(15-29-16)23(27)25-12-9-18(10-13-25)28-22-8-4-7-21-19(22)11-14-26(21)17-5-2-3-6-17/h4,7-8,11,14-15,17-18H,2-3,5-6,9-10,12-13H2,1H3. The second-order valence-electron chi connectivity index (χ2n) is 8.21. The predicted molar refractivity (Wildman–Crippen MR) is 116 cm³/mol. The Morgan fingerprint density at radius 2 is 1.93 bits per heavy atom. The molecule has 2 fully saturated rings. The number of aryl methyl sites for hydroxylation is 1. The van der Waals surface area contributed by atoms with Crippen molar-refractivity contribution in [2.24, 2.45) is 0 Å². The van der Waals surface area contributed by atoms with Crippen molar-refractivity contribution in [1.29, 1.82) is 0 Å². The molecule has 1 saturated heterocycles. The lowest BCUT2D eigenvalue weighted by Crippen LogP contribution is -2.41. The van der Waals surface area contributed by atoms with Crippen LogP contribution in [0.5, 0.6) is 5.75 Å². The summed E-state index contributed by atoms with van der Waals surface area (Å²) in [4.78, 5) is 18.9. The van der Waals surface area contributed by atoms with Crippen LogP contribution < -0.4 is 4.74 Å². The number of nitrogens with zero attached hydrogens (tertiary/aromatic N) is 3. The molecule has 1 amide bonds. The fourth-order valence-corrected chi connectivity index (χ4v) is 5.33. The third-order valence-electron chi connectivity index (χ3n) is 6.30. The lowest BCUT2D eigenvalue weighted by atomic mass is 10.1. The maximum Gasteiger partial charge on any atom is 0.273 e. The van der Waals surface area contributed by atoms with Gasteiger partial charge in [0, 0.05) is 48.9 Å². The molecule has 3 heterocycles. The second kappa shape index (κ2) is 7.82. The Bertz CT molecular complexity index is 1010. The first-order chi connectivity index (χ1) is 14.2. The molecule has 5 nitrogen and oxygen atoms in total. The van der Waals surface area contributed by atoms with Crippen molar-refractivity contribution in [3.8, 4) is 5.75 Å². The molecule has 1 saturated carbocycles. The molecule has 0 unspecified atom stereocenters. The third-order valence-corrected chi connectivity index (χ3v) is 7.08. The van der Waals surface area contributed by atoms with Crippen molar-refractivity contribution in [3.05, 3.63) is 46.5 Å². The van der Waals surface area contributed by atoms with Crippen molar-refractivity contribution in [2.45, 2.75) is 57.6 Å². The maximum atomic E-state index is 12.6. The lowest BCUT2D eigenvalue weighted by Gasteiger charge is -2.32. The minimum absolute atomic E-state index is 0.0449. The molecule has 2 aliphatic rings. The van der Waals surface area contributed by atoms with Crippen molar-refractivity contribution < 1.29 is 9.53 Å². The Labute approximate surface area is 175 Å². The number of thiazole rings is 1. The van der Waals surface area contributed by atoms with Gasteiger partial charge in [0.15, 0.2) is 0 Å². The van der Waals surface area contributed by atoms with Crippen LogP contribution in [0.4, 0.5) is 0 Å². The molecule has 1 aliphatic heterocycles. The number of carbonyl (C=O) groups excluding carboxylic acids is 1. The Hall–Kier alpha value is -2.34. The van der Waals surface area contributed by atoms with Crippen LogP contribution in [0.2, 0.25) is 0 Å². The third kappa shape index (κ3) is 3.66. The van der Waals surface area contributed by atoms with Gasteiger partial charge in [-0.05, 0) is 38.0 Å². The van der Waals surface area contributed by atoms with E-state index in [0.717, 1.165) is 36.7 Å². The largest absolute Gasteiger partial charge is 0.490 e. The summed E-state index contributed by atoms with van der Waals surface area (Å²) in [5, 5.41) is 4.00. The fourth-order valence-electron chi connectivity index (χ4n) is 4.74. The molecular weight excluding hydrogens is 382 g/mol. The highest BCUT2D eigenvalue weighted by molar-refractivity contribution is 7.09. The zero-order valence-corrected chi connectivity index (χ0v) is 17.7. The summed E-state index contributed by atoms with van der Waals surface area (Å²) in [5.74, 6) is 1.02. The van der Waals surface area contributed by atoms with E-state index in [4.69, 9.17) is 4.74 Å². The van der Waals surface area contributed by atoms with E-state index >= 15 is 0 Å². The van der Waals surface area contributed by atoms with Crippen LogP contribution in [0.3, 0.4) is 0 Å². The van der Waals surface area contributed by atoms with Crippen LogP contribution >= 0.6 is 11.3 Å². The van der Waals surface area contributed by atoms with Gasteiger partial charge in [-0.1, -0.05) is 18.9 Å². The highest BCUT2D eigenvalue weighted by Gasteiger charge is 2.26. The van der Waals surface area contributed by atoms with E-state index in [2.05, 4.69) is 40.0 Å². The SMILES string of the molecule is Cc1nc(C(=O)N2CCC(Oc3cccc4c3ccn4C3CCCC3)CC2)cs1. The van der Waals surface area contributed by atoms with Crippen LogP contribution in [0.1, 0.15) is 60.1 Å². The zero-order valence-electron chi connectivity index (χ0n) is 16.8. The van der Waals surface area contributed by atoms with E-state index in [1.54, 1.807) is 0 Å². The van der Waals surface area contributed by atoms with Gasteiger partial charge in [-0.25, -0.2) is 4.98 Å². The molecule has 3 aromatic rings. The first-order valence-corrected chi connectivity index (χ1v) is 11.5. The van der Waals surface area contributed by atoms with E-state index in [-0.39, 0.29) is 12.0 Å². The number of piperidine rings is 1. The van der Waals surface area contributed by atoms with Gasteiger partial charge in [0.1, 0.15) is 17.5 Å². The number of amides is 1. The first-order valence-electron chi connectivity index (χ1n) is 10.7. The van der Waals surface area contributed by atoms with Gasteiger partial charge in [-0.2, -0.15) is 0 Å². The molecule has 2 aromatic heterocycles. The lowest BCUT2D eigenvalue weighted by molar-refractivity contribution is 0.0593. The van der Waals surface area contributed by atoms with Gasteiger partial charge in [-0.15, -0.1) is 11.3 Å². The number of aromatic nitrogens is 2. The van der Waals surface area contributed by atoms with Crippen LogP contribution in [0.15, 0.2) is 35.8 Å². The summed E-state index contributed by atoms with van der Waals surface area (Å²) in [6, 6.07) is 9.22. The van der Waals surface area contributed by atoms with E-state index in [9.17, 15) is 4.79 Å². The molecule has 0 atom stereocenters. The summed E-state index contributed by atoms with van der Waals surface area (Å²) in [7, 11) is 0. The number of ether oxygens (including phenoxy) is 1. The molecule has 0 radical (unpaired) electrons. The molecule has 6 heteroatoms. The molecule has 5 rings (SSSR count). The number of fused-ring (bicyclic) bond motifs is 1. The summed E-state index contributed by atoms with van der Waals surface area (Å²) >= 11 is 1.53. The van der Waals surface area contributed by atoms with Crippen molar-refractivity contribution in [2.75, 3.05) is 13.1 Å². The highest BCUT2D eigenvalue weighted by Crippen LogP contribution is 2.36. The van der Waals surface area contributed by atoms with Gasteiger partial charge in [-0.3, -0.25) is 4.79 Å². The summed E-state index contributed by atoms with van der Waals surface area (Å²) in [6.45, 7) is 3.38. The molecular formula is C23H27N3O2S. The van der Waals surface area contributed by atoms with Crippen LogP contribution in [-0.4, -0.2) is 39.6 Å². The molecule has 1 aromatic carbocycles. The smallest absolute Gasteiger partial charge is 0.273 e. The predicted octanol–water partition coefficient (Wildman–Crippen LogP) is 5.20. The van der Waals surface area contributed by atoms with Crippen LogP contribution in [-0.2, 0) is 0 Å². The van der Waals surface area contributed by atoms with Gasteiger partial charge < -0.3 is 14.2 Å². The highest BCUT2D eigenvalue weighted by atomic mass is 32.1. The van der Waals surface area contributed by atoms with Crippen LogP contribution in [0, 0.1) is 6.92 Å². The van der Waals surface area contributed by atoms with E-state index in [0.29, 0.717) is 11.7 Å². The normalized spacial score (nSPS) is 18.6. The molecule has 29 heavy (non-hydrogen) atoms. The average Bonchev–Trinajstić information content (AvgIpc) is 3.48. The monoisotopic (exact) mass is 409 g/mol. The molecule has 0 bridgehead atoms. The Morgan fingerprint density at radius 1 is 1.14 bits per heavy atom. The summed E-state index contributed by atoms with van der Waals surface area (Å²) < 4.78 is 8.85. The Morgan fingerprint density at radius 3 is 2.66 bits per heavy atom. The average molecular weight is 410 g/mol. The Balaban J connectivity index is 1.26. The van der Waals surface area contributed by atoms with Gasteiger partial charge >= 0.3 is 0 Å². The number of hydrogen-bond acceptors (Lipinski definition) is 4. The van der Waals surface area contributed by atoms with Crippen molar-refractivity contribution in [1.82, 2.24) is 14.5 Å². The van der Waals surface area contributed by atoms with Gasteiger partial charge in [0.2, 0.25) is 0 Å². The molecule has 0 N–H and O–H groups in total. The molecule has 0 spiro atoms. The minimum Gasteiger partial charge on any atom is -0.490 e. The van der Waals surface area contributed by atoms with Crippen molar-refractivity contribution in [3.63, 3.8) is 0 Å². The number of hydrogen-bond donors (Lipinski definition) is 0. The van der Waals surface area contributed by atoms with E-state index in [1.807, 2.05) is 17.2 Å². The van der Waals surface area contributed by atoms with Crippen LogP contribution in [0.25, 0.3) is 10.9 Å².